The van der Waals surface area contributed by atoms with Gasteiger partial charge < -0.3 is 9.88 Å². The topological polar surface area (TPSA) is 84.3 Å². The molecular formula is C22H26N4O3S. The summed E-state index contributed by atoms with van der Waals surface area (Å²) in [6.07, 6.45) is 6.43. The maximum Gasteiger partial charge on any atom is 0.243 e. The minimum atomic E-state index is -3.57. The number of hydrogen-bond acceptors (Lipinski definition) is 4. The fourth-order valence-electron chi connectivity index (χ4n) is 3.96. The van der Waals surface area contributed by atoms with Crippen molar-refractivity contribution >= 4 is 26.8 Å². The first-order valence-electron chi connectivity index (χ1n) is 10.2. The highest BCUT2D eigenvalue weighted by Crippen LogP contribution is 2.27. The van der Waals surface area contributed by atoms with Gasteiger partial charge in [-0.3, -0.25) is 9.78 Å². The Kier molecular flexibility index (Phi) is 5.87. The molecule has 30 heavy (non-hydrogen) atoms. The first kappa shape index (κ1) is 20.6. The van der Waals surface area contributed by atoms with Gasteiger partial charge in [0.1, 0.15) is 0 Å². The molecule has 0 unspecified atom stereocenters. The maximum absolute atomic E-state index is 13.1. The van der Waals surface area contributed by atoms with Gasteiger partial charge in [-0.2, -0.15) is 4.31 Å². The summed E-state index contributed by atoms with van der Waals surface area (Å²) in [5.41, 5.74) is 1.97. The molecule has 1 aliphatic heterocycles. The molecule has 0 bridgehead atoms. The molecule has 2 aromatic heterocycles. The Morgan fingerprint density at radius 2 is 2.00 bits per heavy atom. The Balaban J connectivity index is 1.38. The maximum atomic E-state index is 13.1. The summed E-state index contributed by atoms with van der Waals surface area (Å²) in [6.45, 7) is 4.03. The van der Waals surface area contributed by atoms with Crippen LogP contribution in [0.3, 0.4) is 0 Å². The van der Waals surface area contributed by atoms with Crippen LogP contribution in [0.15, 0.2) is 59.9 Å². The van der Waals surface area contributed by atoms with Crippen LogP contribution < -0.4 is 5.32 Å². The molecule has 0 atom stereocenters. The molecule has 1 saturated heterocycles. The lowest BCUT2D eigenvalue weighted by molar-refractivity contribution is -0.126. The second kappa shape index (κ2) is 8.57. The van der Waals surface area contributed by atoms with Crippen molar-refractivity contribution in [3.63, 3.8) is 0 Å². The van der Waals surface area contributed by atoms with Gasteiger partial charge in [-0.15, -0.1) is 0 Å². The van der Waals surface area contributed by atoms with Crippen LogP contribution in [0.1, 0.15) is 25.3 Å². The average Bonchev–Trinajstić information content (AvgIpc) is 3.20. The zero-order chi connectivity index (χ0) is 21.1. The van der Waals surface area contributed by atoms with Gasteiger partial charge in [0.2, 0.25) is 15.9 Å². The number of pyridine rings is 1. The SMILES string of the molecule is CCn1ccc2cc(S(=O)(=O)N3CCC(C(=O)NCc4cccnc4)CC3)ccc21. The smallest absolute Gasteiger partial charge is 0.243 e. The Morgan fingerprint density at radius 3 is 2.70 bits per heavy atom. The zero-order valence-corrected chi connectivity index (χ0v) is 17.8. The largest absolute Gasteiger partial charge is 0.352 e. The summed E-state index contributed by atoms with van der Waals surface area (Å²) in [5, 5.41) is 3.85. The standard InChI is InChI=1S/C22H26N4O3S/c1-2-25-11-7-19-14-20(5-6-21(19)25)30(28,29)26-12-8-18(9-13-26)22(27)24-16-17-4-3-10-23-15-17/h3-7,10-11,14-15,18H,2,8-9,12-13,16H2,1H3,(H,24,27). The number of carbonyl (C=O) groups excluding carboxylic acids is 1. The average molecular weight is 427 g/mol. The van der Waals surface area contributed by atoms with Gasteiger partial charge in [-0.25, -0.2) is 8.42 Å². The second-order valence-electron chi connectivity index (χ2n) is 7.58. The van der Waals surface area contributed by atoms with Crippen molar-refractivity contribution in [2.75, 3.05) is 13.1 Å². The van der Waals surface area contributed by atoms with Gasteiger partial charge in [-0.1, -0.05) is 6.07 Å². The third-order valence-electron chi connectivity index (χ3n) is 5.74. The predicted octanol–water partition coefficient (Wildman–Crippen LogP) is 2.77. The molecule has 0 aliphatic carbocycles. The molecule has 4 rings (SSSR count). The Hall–Kier alpha value is -2.71. The normalized spacial score (nSPS) is 16.0. The number of amides is 1. The number of sulfonamides is 1. The number of hydrogen-bond donors (Lipinski definition) is 1. The number of nitrogens with one attached hydrogen (secondary N) is 1. The zero-order valence-electron chi connectivity index (χ0n) is 17.0. The van der Waals surface area contributed by atoms with Crippen LogP contribution in [-0.4, -0.2) is 41.3 Å². The van der Waals surface area contributed by atoms with Crippen molar-refractivity contribution in [3.05, 3.63) is 60.6 Å². The van der Waals surface area contributed by atoms with Gasteiger partial charge in [0.25, 0.3) is 0 Å². The summed E-state index contributed by atoms with van der Waals surface area (Å²) < 4.78 is 29.8. The van der Waals surface area contributed by atoms with E-state index in [1.54, 1.807) is 24.5 Å². The second-order valence-corrected chi connectivity index (χ2v) is 9.52. The molecule has 0 spiro atoms. The highest BCUT2D eigenvalue weighted by molar-refractivity contribution is 7.89. The van der Waals surface area contributed by atoms with Crippen LogP contribution >= 0.6 is 0 Å². The predicted molar refractivity (Wildman–Crippen MR) is 115 cm³/mol. The quantitative estimate of drug-likeness (QED) is 0.657. The number of carbonyl (C=O) groups is 1. The van der Waals surface area contributed by atoms with E-state index in [1.807, 2.05) is 30.5 Å². The van der Waals surface area contributed by atoms with Crippen LogP contribution in [-0.2, 0) is 27.9 Å². The van der Waals surface area contributed by atoms with Crippen LogP contribution in [0.2, 0.25) is 0 Å². The molecule has 158 valence electrons. The van der Waals surface area contributed by atoms with Crippen molar-refractivity contribution in [1.29, 1.82) is 0 Å². The first-order valence-corrected chi connectivity index (χ1v) is 11.7. The van der Waals surface area contributed by atoms with Crippen molar-refractivity contribution in [2.24, 2.45) is 5.92 Å². The van der Waals surface area contributed by atoms with Gasteiger partial charge in [0.05, 0.1) is 4.90 Å². The number of nitrogens with zero attached hydrogens (tertiary/aromatic N) is 3. The van der Waals surface area contributed by atoms with E-state index in [-0.39, 0.29) is 11.8 Å². The molecule has 1 amide bonds. The number of fused-ring (bicyclic) bond motifs is 1. The van der Waals surface area contributed by atoms with Crippen molar-refractivity contribution in [1.82, 2.24) is 19.2 Å². The number of piperidine rings is 1. The lowest BCUT2D eigenvalue weighted by Gasteiger charge is -2.30. The van der Waals surface area contributed by atoms with E-state index < -0.39 is 10.0 Å². The lowest BCUT2D eigenvalue weighted by atomic mass is 9.97. The van der Waals surface area contributed by atoms with Crippen LogP contribution in [0.4, 0.5) is 0 Å². The summed E-state index contributed by atoms with van der Waals surface area (Å²) >= 11 is 0. The fourth-order valence-corrected chi connectivity index (χ4v) is 5.46. The van der Waals surface area contributed by atoms with Crippen LogP contribution in [0, 0.1) is 5.92 Å². The molecule has 8 heteroatoms. The number of rotatable bonds is 6. The molecule has 3 aromatic rings. The molecule has 1 aliphatic rings. The first-order chi connectivity index (χ1) is 14.5. The van der Waals surface area contributed by atoms with Crippen LogP contribution in [0.5, 0.6) is 0 Å². The molecular weight excluding hydrogens is 400 g/mol. The molecule has 1 fully saturated rings. The molecule has 0 radical (unpaired) electrons. The van der Waals surface area contributed by atoms with Gasteiger partial charge in [0.15, 0.2) is 0 Å². The van der Waals surface area contributed by atoms with E-state index in [1.165, 1.54) is 4.31 Å². The Labute approximate surface area is 176 Å². The highest BCUT2D eigenvalue weighted by atomic mass is 32.2. The van der Waals surface area contributed by atoms with E-state index >= 15 is 0 Å². The number of benzene rings is 1. The van der Waals surface area contributed by atoms with Gasteiger partial charge in [-0.05, 0) is 55.7 Å². The molecule has 1 aromatic carbocycles. The molecule has 1 N–H and O–H groups in total. The van der Waals surface area contributed by atoms with E-state index in [4.69, 9.17) is 0 Å². The molecule has 7 nitrogen and oxygen atoms in total. The van der Waals surface area contributed by atoms with Crippen molar-refractivity contribution in [3.8, 4) is 0 Å². The minimum Gasteiger partial charge on any atom is -0.352 e. The third-order valence-corrected chi connectivity index (χ3v) is 7.63. The van der Waals surface area contributed by atoms with E-state index in [9.17, 15) is 13.2 Å². The minimum absolute atomic E-state index is 0.0294. The summed E-state index contributed by atoms with van der Waals surface area (Å²) in [5.74, 6) is -0.201. The number of aromatic nitrogens is 2. The van der Waals surface area contributed by atoms with Crippen LogP contribution in [0.25, 0.3) is 10.9 Å². The Bertz CT molecular complexity index is 1130. The molecule has 0 saturated carbocycles. The highest BCUT2D eigenvalue weighted by Gasteiger charge is 2.32. The van der Waals surface area contributed by atoms with E-state index in [0.29, 0.717) is 37.4 Å². The van der Waals surface area contributed by atoms with E-state index in [0.717, 1.165) is 23.0 Å². The van der Waals surface area contributed by atoms with Gasteiger partial charge >= 0.3 is 0 Å². The van der Waals surface area contributed by atoms with Gasteiger partial charge in [0, 0.05) is 61.6 Å². The lowest BCUT2D eigenvalue weighted by Crippen LogP contribution is -2.42. The Morgan fingerprint density at radius 1 is 1.20 bits per heavy atom. The summed E-state index contributed by atoms with van der Waals surface area (Å²) in [7, 11) is -3.57. The molecule has 3 heterocycles. The van der Waals surface area contributed by atoms with Crippen molar-refractivity contribution in [2.45, 2.75) is 37.8 Å². The van der Waals surface area contributed by atoms with Crippen molar-refractivity contribution < 1.29 is 13.2 Å². The third kappa shape index (κ3) is 4.11. The monoisotopic (exact) mass is 426 g/mol. The number of aryl methyl sites for hydroxylation is 1. The summed E-state index contributed by atoms with van der Waals surface area (Å²) in [6, 6.07) is 11.0. The summed E-state index contributed by atoms with van der Waals surface area (Å²) in [4.78, 5) is 16.8. The van der Waals surface area contributed by atoms with E-state index in [2.05, 4.69) is 21.8 Å². The fraction of sp³-hybridized carbons (Fsp3) is 0.364.